The molecule has 1 aliphatic rings. The summed E-state index contributed by atoms with van der Waals surface area (Å²) in [5.41, 5.74) is 9.94. The molecule has 26 heavy (non-hydrogen) atoms. The molecule has 0 radical (unpaired) electrons. The van der Waals surface area contributed by atoms with Gasteiger partial charge in [-0.05, 0) is 42.6 Å². The molecule has 1 aromatic heterocycles. The average molecular weight is 348 g/mol. The van der Waals surface area contributed by atoms with E-state index < -0.39 is 0 Å². The summed E-state index contributed by atoms with van der Waals surface area (Å²) in [6, 6.07) is 17.1. The molecule has 2 heterocycles. The number of aromatic nitrogens is 2. The predicted octanol–water partition coefficient (Wildman–Crippen LogP) is 4.20. The van der Waals surface area contributed by atoms with Crippen molar-refractivity contribution in [2.75, 3.05) is 12.3 Å². The van der Waals surface area contributed by atoms with E-state index in [9.17, 15) is 4.39 Å². The maximum absolute atomic E-state index is 13.3. The summed E-state index contributed by atoms with van der Waals surface area (Å²) in [4.78, 5) is 11.2. The van der Waals surface area contributed by atoms with Gasteiger partial charge in [0, 0.05) is 18.3 Å². The Balaban J connectivity index is 1.69. The minimum absolute atomic E-state index is 0.181. The van der Waals surface area contributed by atoms with Crippen LogP contribution in [0.1, 0.15) is 30.1 Å². The third kappa shape index (κ3) is 3.44. The molecule has 4 nitrogen and oxygen atoms in total. The van der Waals surface area contributed by atoms with Gasteiger partial charge in [-0.15, -0.1) is 0 Å². The highest BCUT2D eigenvalue weighted by atomic mass is 19.1. The van der Waals surface area contributed by atoms with Crippen LogP contribution in [0.5, 0.6) is 0 Å². The predicted molar refractivity (Wildman–Crippen MR) is 101 cm³/mol. The average Bonchev–Trinajstić information content (AvgIpc) is 3.11. The van der Waals surface area contributed by atoms with Crippen molar-refractivity contribution in [2.24, 2.45) is 0 Å². The number of hydrogen-bond donors (Lipinski definition) is 1. The van der Waals surface area contributed by atoms with E-state index in [1.54, 1.807) is 18.3 Å². The quantitative estimate of drug-likeness (QED) is 0.768. The third-order valence-corrected chi connectivity index (χ3v) is 4.90. The first-order valence-electron chi connectivity index (χ1n) is 8.87. The van der Waals surface area contributed by atoms with Gasteiger partial charge >= 0.3 is 0 Å². The van der Waals surface area contributed by atoms with Crippen LogP contribution in [0.2, 0.25) is 0 Å². The molecule has 1 aliphatic heterocycles. The number of nitrogens with two attached hydrogens (primary N) is 1. The van der Waals surface area contributed by atoms with Crippen molar-refractivity contribution in [3.63, 3.8) is 0 Å². The number of halogens is 1. The first-order chi connectivity index (χ1) is 12.7. The molecule has 2 aromatic carbocycles. The molecule has 1 fully saturated rings. The van der Waals surface area contributed by atoms with Crippen LogP contribution in [-0.4, -0.2) is 21.4 Å². The molecule has 0 amide bonds. The van der Waals surface area contributed by atoms with Gasteiger partial charge in [0.2, 0.25) is 5.95 Å². The minimum atomic E-state index is -0.252. The molecular formula is C21H21FN4. The van der Waals surface area contributed by atoms with Gasteiger partial charge < -0.3 is 5.73 Å². The molecule has 1 saturated heterocycles. The summed E-state index contributed by atoms with van der Waals surface area (Å²) in [6.45, 7) is 1.89. The fourth-order valence-electron chi connectivity index (χ4n) is 3.66. The molecule has 4 rings (SSSR count). The summed E-state index contributed by atoms with van der Waals surface area (Å²) >= 11 is 0. The van der Waals surface area contributed by atoms with Crippen LogP contribution in [0.25, 0.3) is 11.1 Å². The number of nitrogen functional groups attached to an aromatic ring is 1. The normalized spacial score (nSPS) is 17.5. The lowest BCUT2D eigenvalue weighted by molar-refractivity contribution is 0.245. The summed E-state index contributed by atoms with van der Waals surface area (Å²) in [5, 5.41) is 0. The van der Waals surface area contributed by atoms with Crippen molar-refractivity contribution in [3.05, 3.63) is 77.9 Å². The highest BCUT2D eigenvalue weighted by Gasteiger charge is 2.29. The lowest BCUT2D eigenvalue weighted by atomic mass is 9.99. The van der Waals surface area contributed by atoms with Crippen LogP contribution in [0.3, 0.4) is 0 Å². The monoisotopic (exact) mass is 348 g/mol. The third-order valence-electron chi connectivity index (χ3n) is 4.90. The molecule has 0 spiro atoms. The molecule has 1 unspecified atom stereocenters. The maximum atomic E-state index is 13.3. The molecule has 132 valence electrons. The molecule has 1 atom stereocenters. The topological polar surface area (TPSA) is 55.0 Å². The number of benzene rings is 2. The van der Waals surface area contributed by atoms with Gasteiger partial charge in [0.05, 0.1) is 11.7 Å². The number of nitrogens with zero attached hydrogens (tertiary/aromatic N) is 3. The van der Waals surface area contributed by atoms with E-state index in [2.05, 4.69) is 39.1 Å². The number of hydrogen-bond acceptors (Lipinski definition) is 4. The number of rotatable bonds is 4. The second-order valence-corrected chi connectivity index (χ2v) is 6.65. The fourth-order valence-corrected chi connectivity index (χ4v) is 3.66. The van der Waals surface area contributed by atoms with E-state index >= 15 is 0 Å². The smallest absolute Gasteiger partial charge is 0.220 e. The first-order valence-corrected chi connectivity index (χ1v) is 8.87. The van der Waals surface area contributed by atoms with Crippen molar-refractivity contribution >= 4 is 5.95 Å². The fraction of sp³-hybridized carbons (Fsp3) is 0.238. The zero-order valence-electron chi connectivity index (χ0n) is 14.5. The Morgan fingerprint density at radius 1 is 1.08 bits per heavy atom. The second kappa shape index (κ2) is 7.22. The Hall–Kier alpha value is -2.79. The van der Waals surface area contributed by atoms with Gasteiger partial charge in [-0.3, -0.25) is 4.90 Å². The van der Waals surface area contributed by atoms with E-state index in [1.165, 1.54) is 17.7 Å². The van der Waals surface area contributed by atoms with Gasteiger partial charge in [0.25, 0.3) is 0 Å². The SMILES string of the molecule is Nc1ncc(-c2ccc(F)cc2)c(C2CCCN2Cc2ccccc2)n1. The summed E-state index contributed by atoms with van der Waals surface area (Å²) in [5.74, 6) is 0.0238. The molecule has 0 aliphatic carbocycles. The van der Waals surface area contributed by atoms with Crippen LogP contribution in [-0.2, 0) is 6.54 Å². The zero-order valence-corrected chi connectivity index (χ0v) is 14.5. The Kier molecular flexibility index (Phi) is 4.63. The Morgan fingerprint density at radius 2 is 1.85 bits per heavy atom. The van der Waals surface area contributed by atoms with Crippen molar-refractivity contribution < 1.29 is 4.39 Å². The number of anilines is 1. The maximum Gasteiger partial charge on any atom is 0.220 e. The highest BCUT2D eigenvalue weighted by Crippen LogP contribution is 2.37. The lowest BCUT2D eigenvalue weighted by Gasteiger charge is -2.26. The molecule has 5 heteroatoms. The van der Waals surface area contributed by atoms with Gasteiger partial charge in [0.1, 0.15) is 5.82 Å². The van der Waals surface area contributed by atoms with Gasteiger partial charge in [-0.2, -0.15) is 0 Å². The second-order valence-electron chi connectivity index (χ2n) is 6.65. The van der Waals surface area contributed by atoms with E-state index in [4.69, 9.17) is 5.73 Å². The van der Waals surface area contributed by atoms with E-state index in [1.807, 2.05) is 6.07 Å². The van der Waals surface area contributed by atoms with Crippen LogP contribution in [0.15, 0.2) is 60.8 Å². The van der Waals surface area contributed by atoms with Gasteiger partial charge in [-0.25, -0.2) is 14.4 Å². The molecule has 2 N–H and O–H groups in total. The summed E-state index contributed by atoms with van der Waals surface area (Å²) < 4.78 is 13.3. The van der Waals surface area contributed by atoms with E-state index in [0.29, 0.717) is 0 Å². The van der Waals surface area contributed by atoms with Crippen molar-refractivity contribution in [3.8, 4) is 11.1 Å². The summed E-state index contributed by atoms with van der Waals surface area (Å²) in [6.07, 6.45) is 3.89. The van der Waals surface area contributed by atoms with E-state index in [0.717, 1.165) is 42.8 Å². The zero-order chi connectivity index (χ0) is 17.9. The Bertz CT molecular complexity index is 880. The number of likely N-dealkylation sites (tertiary alicyclic amines) is 1. The van der Waals surface area contributed by atoms with Crippen molar-refractivity contribution in [1.29, 1.82) is 0 Å². The first kappa shape index (κ1) is 16.7. The van der Waals surface area contributed by atoms with Crippen molar-refractivity contribution in [2.45, 2.75) is 25.4 Å². The van der Waals surface area contributed by atoms with E-state index in [-0.39, 0.29) is 17.8 Å². The molecule has 0 saturated carbocycles. The highest BCUT2D eigenvalue weighted by molar-refractivity contribution is 5.66. The minimum Gasteiger partial charge on any atom is -0.368 e. The van der Waals surface area contributed by atoms with Gasteiger partial charge in [-0.1, -0.05) is 42.5 Å². The largest absolute Gasteiger partial charge is 0.368 e. The van der Waals surface area contributed by atoms with Crippen LogP contribution < -0.4 is 5.73 Å². The molecule has 3 aromatic rings. The standard InChI is InChI=1S/C21H21FN4/c22-17-10-8-16(9-11-17)18-13-24-21(23)25-20(18)19-7-4-12-26(19)14-15-5-2-1-3-6-15/h1-3,5-6,8-11,13,19H,4,7,12,14H2,(H2,23,24,25). The van der Waals surface area contributed by atoms with Gasteiger partial charge in [0.15, 0.2) is 0 Å². The summed E-state index contributed by atoms with van der Waals surface area (Å²) in [7, 11) is 0. The Morgan fingerprint density at radius 3 is 2.62 bits per heavy atom. The molecular weight excluding hydrogens is 327 g/mol. The lowest BCUT2D eigenvalue weighted by Crippen LogP contribution is -2.24. The van der Waals surface area contributed by atoms with Crippen LogP contribution in [0, 0.1) is 5.82 Å². The van der Waals surface area contributed by atoms with Crippen molar-refractivity contribution in [1.82, 2.24) is 14.9 Å². The van der Waals surface area contributed by atoms with Crippen LogP contribution in [0.4, 0.5) is 10.3 Å². The van der Waals surface area contributed by atoms with Crippen LogP contribution >= 0.6 is 0 Å². The molecule has 0 bridgehead atoms. The Labute approximate surface area is 152 Å².